The van der Waals surface area contributed by atoms with Crippen molar-refractivity contribution >= 4 is 33.4 Å². The lowest BCUT2D eigenvalue weighted by atomic mass is 10.0. The number of nitrogens with zero attached hydrogens (tertiary/aromatic N) is 6. The van der Waals surface area contributed by atoms with Gasteiger partial charge in [-0.2, -0.15) is 10.2 Å². The molecule has 0 atom stereocenters. The van der Waals surface area contributed by atoms with Crippen LogP contribution in [0, 0.1) is 17.5 Å². The van der Waals surface area contributed by atoms with Gasteiger partial charge >= 0.3 is 5.69 Å². The van der Waals surface area contributed by atoms with E-state index in [1.54, 1.807) is 37.5 Å². The van der Waals surface area contributed by atoms with Gasteiger partial charge in [0.15, 0.2) is 23.3 Å². The third-order valence-electron chi connectivity index (χ3n) is 6.68. The molecule has 0 aliphatic carbocycles. The Labute approximate surface area is 233 Å². The molecular weight excluding hydrogens is 563 g/mol. The second-order valence-electron chi connectivity index (χ2n) is 9.33. The van der Waals surface area contributed by atoms with Crippen LogP contribution in [0.1, 0.15) is 11.4 Å². The van der Waals surface area contributed by atoms with Crippen LogP contribution in [0.4, 0.5) is 13.2 Å². The van der Waals surface area contributed by atoms with Crippen molar-refractivity contribution < 1.29 is 17.9 Å². The van der Waals surface area contributed by atoms with Crippen LogP contribution in [0.2, 0.25) is 5.02 Å². The van der Waals surface area contributed by atoms with E-state index in [1.165, 1.54) is 18.1 Å². The van der Waals surface area contributed by atoms with Gasteiger partial charge in [-0.25, -0.2) is 22.9 Å². The van der Waals surface area contributed by atoms with E-state index in [0.29, 0.717) is 21.7 Å². The standard InChI is InChI=1S/C27H19ClF3N7O3/c1-36-12-32-23(35-36)11-38-26(39)24-21(37(27(38)40)10-13-3-18(29)25(31)19(30)4-13)6-14(7-22(24)41-2)16-5-15-9-33-34-20(15)8-17(16)28/h3-9,12H,10-11H2,1-2H3,(H,33,34). The van der Waals surface area contributed by atoms with Crippen molar-refractivity contribution in [3.8, 4) is 16.9 Å². The number of hydrogen-bond acceptors (Lipinski definition) is 6. The lowest BCUT2D eigenvalue weighted by Crippen LogP contribution is -2.41. The maximum absolute atomic E-state index is 14.1. The summed E-state index contributed by atoms with van der Waals surface area (Å²) in [6.45, 7) is -0.686. The highest BCUT2D eigenvalue weighted by molar-refractivity contribution is 6.34. The number of H-pyrrole nitrogens is 1. The smallest absolute Gasteiger partial charge is 0.332 e. The van der Waals surface area contributed by atoms with Crippen LogP contribution >= 0.6 is 11.6 Å². The zero-order chi connectivity index (χ0) is 29.0. The summed E-state index contributed by atoms with van der Waals surface area (Å²) in [6.07, 6.45) is 3.03. The highest BCUT2D eigenvalue weighted by Crippen LogP contribution is 2.36. The van der Waals surface area contributed by atoms with Crippen molar-refractivity contribution in [3.63, 3.8) is 0 Å². The summed E-state index contributed by atoms with van der Waals surface area (Å²) >= 11 is 6.58. The van der Waals surface area contributed by atoms with Crippen molar-refractivity contribution in [2.24, 2.45) is 7.05 Å². The fourth-order valence-electron chi connectivity index (χ4n) is 4.77. The van der Waals surface area contributed by atoms with Crippen LogP contribution in [0.25, 0.3) is 32.9 Å². The number of halogens is 4. The number of methoxy groups -OCH3 is 1. The summed E-state index contributed by atoms with van der Waals surface area (Å²) in [5, 5.41) is 12.1. The van der Waals surface area contributed by atoms with Crippen molar-refractivity contribution in [2.45, 2.75) is 13.1 Å². The third kappa shape index (κ3) is 4.53. The molecule has 0 saturated carbocycles. The average molecular weight is 582 g/mol. The largest absolute Gasteiger partial charge is 0.496 e. The van der Waals surface area contributed by atoms with E-state index in [0.717, 1.165) is 26.7 Å². The Hall–Kier alpha value is -4.91. The maximum atomic E-state index is 14.1. The molecule has 208 valence electrons. The molecule has 0 aliphatic rings. The minimum Gasteiger partial charge on any atom is -0.496 e. The molecular formula is C27H19ClF3N7O3. The SMILES string of the molecule is COc1cc(-c2cc3cn[nH]c3cc2Cl)cc2c1c(=O)n(Cc1ncn(C)n1)c(=O)n2Cc1cc(F)c(F)c(F)c1. The second kappa shape index (κ2) is 9.93. The quantitative estimate of drug-likeness (QED) is 0.298. The van der Waals surface area contributed by atoms with E-state index in [2.05, 4.69) is 20.3 Å². The van der Waals surface area contributed by atoms with E-state index >= 15 is 0 Å². The van der Waals surface area contributed by atoms with Gasteiger partial charge in [-0.15, -0.1) is 0 Å². The Morgan fingerprint density at radius 2 is 1.76 bits per heavy atom. The van der Waals surface area contributed by atoms with Gasteiger partial charge in [-0.1, -0.05) is 11.6 Å². The van der Waals surface area contributed by atoms with Gasteiger partial charge in [-0.05, 0) is 47.5 Å². The first kappa shape index (κ1) is 26.3. The molecule has 0 spiro atoms. The van der Waals surface area contributed by atoms with E-state index in [4.69, 9.17) is 16.3 Å². The molecule has 3 aromatic carbocycles. The molecule has 41 heavy (non-hydrogen) atoms. The van der Waals surface area contributed by atoms with Crippen LogP contribution in [-0.4, -0.2) is 41.2 Å². The van der Waals surface area contributed by atoms with E-state index in [-0.39, 0.29) is 34.6 Å². The molecule has 10 nitrogen and oxygen atoms in total. The summed E-state index contributed by atoms with van der Waals surface area (Å²) in [5.41, 5.74) is 0.313. The Kier molecular flexibility index (Phi) is 6.37. The van der Waals surface area contributed by atoms with Gasteiger partial charge < -0.3 is 4.74 Å². The third-order valence-corrected chi connectivity index (χ3v) is 7.00. The predicted octanol–water partition coefficient (Wildman–Crippen LogP) is 4.01. The normalized spacial score (nSPS) is 11.6. The molecule has 6 rings (SSSR count). The van der Waals surface area contributed by atoms with Crippen LogP contribution in [0.3, 0.4) is 0 Å². The number of aromatic amines is 1. The van der Waals surface area contributed by atoms with Gasteiger partial charge in [0.25, 0.3) is 5.56 Å². The van der Waals surface area contributed by atoms with Crippen LogP contribution in [0.5, 0.6) is 5.75 Å². The lowest BCUT2D eigenvalue weighted by molar-refractivity contribution is 0.418. The summed E-state index contributed by atoms with van der Waals surface area (Å²) in [4.78, 5) is 31.7. The van der Waals surface area contributed by atoms with Gasteiger partial charge in [0, 0.05) is 18.0 Å². The highest BCUT2D eigenvalue weighted by atomic mass is 35.5. The fourth-order valence-corrected chi connectivity index (χ4v) is 5.05. The molecule has 6 aromatic rings. The fraction of sp³-hybridized carbons (Fsp3) is 0.148. The van der Waals surface area contributed by atoms with Crippen LogP contribution in [-0.2, 0) is 20.1 Å². The summed E-state index contributed by atoms with van der Waals surface area (Å²) in [7, 11) is 3.00. The Morgan fingerprint density at radius 1 is 1.00 bits per heavy atom. The number of nitrogens with one attached hydrogen (secondary N) is 1. The molecule has 0 fully saturated rings. The first-order valence-corrected chi connectivity index (χ1v) is 12.5. The number of benzene rings is 3. The summed E-state index contributed by atoms with van der Waals surface area (Å²) in [6, 6.07) is 8.21. The van der Waals surface area contributed by atoms with E-state index in [9.17, 15) is 22.8 Å². The minimum atomic E-state index is -1.63. The van der Waals surface area contributed by atoms with Gasteiger partial charge in [0.2, 0.25) is 0 Å². The minimum absolute atomic E-state index is 0.0235. The van der Waals surface area contributed by atoms with Crippen LogP contribution in [0.15, 0.2) is 58.5 Å². The number of aryl methyl sites for hydroxylation is 1. The van der Waals surface area contributed by atoms with Crippen LogP contribution < -0.4 is 16.0 Å². The number of rotatable bonds is 6. The average Bonchev–Trinajstić information content (AvgIpc) is 3.58. The van der Waals surface area contributed by atoms with Gasteiger partial charge in [0.1, 0.15) is 17.5 Å². The predicted molar refractivity (Wildman–Crippen MR) is 145 cm³/mol. The Bertz CT molecular complexity index is 2090. The van der Waals surface area contributed by atoms with E-state index in [1.807, 2.05) is 0 Å². The number of fused-ring (bicyclic) bond motifs is 2. The topological polar surface area (TPSA) is 113 Å². The first-order valence-electron chi connectivity index (χ1n) is 12.1. The van der Waals surface area contributed by atoms with Crippen molar-refractivity contribution in [3.05, 3.63) is 104 Å². The molecule has 3 aromatic heterocycles. The molecule has 0 unspecified atom stereocenters. The summed E-state index contributed by atoms with van der Waals surface area (Å²) < 4.78 is 51.0. The lowest BCUT2D eigenvalue weighted by Gasteiger charge is -2.17. The Balaban J connectivity index is 1.65. The highest BCUT2D eigenvalue weighted by Gasteiger charge is 2.22. The first-order chi connectivity index (χ1) is 19.6. The molecule has 0 bridgehead atoms. The molecule has 1 N–H and O–H groups in total. The maximum Gasteiger partial charge on any atom is 0.332 e. The zero-order valence-electron chi connectivity index (χ0n) is 21.5. The zero-order valence-corrected chi connectivity index (χ0v) is 22.2. The van der Waals surface area contributed by atoms with Crippen molar-refractivity contribution in [1.82, 2.24) is 34.1 Å². The molecule has 0 saturated heterocycles. The number of aromatic nitrogens is 7. The molecule has 0 aliphatic heterocycles. The molecule has 0 radical (unpaired) electrons. The number of ether oxygens (including phenoxy) is 1. The molecule has 0 amide bonds. The molecule has 14 heteroatoms. The van der Waals surface area contributed by atoms with Crippen molar-refractivity contribution in [2.75, 3.05) is 7.11 Å². The van der Waals surface area contributed by atoms with Gasteiger partial charge in [-0.3, -0.25) is 23.7 Å². The molecule has 3 heterocycles. The number of hydrogen-bond donors (Lipinski definition) is 1. The van der Waals surface area contributed by atoms with Crippen molar-refractivity contribution in [1.29, 1.82) is 0 Å². The second-order valence-corrected chi connectivity index (χ2v) is 9.74. The van der Waals surface area contributed by atoms with Gasteiger partial charge in [0.05, 0.1) is 42.5 Å². The summed E-state index contributed by atoms with van der Waals surface area (Å²) in [5.74, 6) is -4.15. The monoisotopic (exact) mass is 581 g/mol. The Morgan fingerprint density at radius 3 is 2.44 bits per heavy atom. The van der Waals surface area contributed by atoms with E-state index < -0.39 is 35.2 Å².